The Balaban J connectivity index is 2.26. The third-order valence-electron chi connectivity index (χ3n) is 2.81. The zero-order valence-electron chi connectivity index (χ0n) is 7.93. The largest absolute Gasteiger partial charge is 0.0651 e. The van der Waals surface area contributed by atoms with Crippen LogP contribution >= 0.6 is 0 Å². The highest BCUT2D eigenvalue weighted by Crippen LogP contribution is 2.35. The fourth-order valence-electron chi connectivity index (χ4n) is 2.04. The summed E-state index contributed by atoms with van der Waals surface area (Å²) in [5, 5.41) is 0. The Labute approximate surface area is 74.6 Å². The molecule has 2 rings (SSSR count). The van der Waals surface area contributed by atoms with Gasteiger partial charge in [0.25, 0.3) is 0 Å². The monoisotopic (exact) mass is 160 g/mol. The van der Waals surface area contributed by atoms with Gasteiger partial charge in [0.15, 0.2) is 0 Å². The normalized spacial score (nSPS) is 20.0. The molecule has 1 aliphatic rings. The molecule has 0 saturated heterocycles. The molecule has 1 atom stereocenters. The van der Waals surface area contributed by atoms with Crippen molar-refractivity contribution in [3.63, 3.8) is 0 Å². The number of fused-ring (bicyclic) bond motifs is 1. The minimum absolute atomic E-state index is 0.816. The van der Waals surface area contributed by atoms with Gasteiger partial charge < -0.3 is 0 Å². The Hall–Kier alpha value is -0.780. The Bertz CT molecular complexity index is 286. The highest BCUT2D eigenvalue weighted by atomic mass is 14.3. The third kappa shape index (κ3) is 1.16. The second-order valence-corrected chi connectivity index (χ2v) is 3.89. The van der Waals surface area contributed by atoms with Gasteiger partial charge in [0.2, 0.25) is 0 Å². The van der Waals surface area contributed by atoms with Gasteiger partial charge in [-0.2, -0.15) is 0 Å². The zero-order valence-corrected chi connectivity index (χ0v) is 7.93. The van der Waals surface area contributed by atoms with E-state index in [0.29, 0.717) is 0 Å². The number of aryl methyl sites for hydroxylation is 1. The van der Waals surface area contributed by atoms with Gasteiger partial charge in [0.1, 0.15) is 0 Å². The topological polar surface area (TPSA) is 0 Å². The van der Waals surface area contributed by atoms with Gasteiger partial charge in [-0.1, -0.05) is 38.5 Å². The van der Waals surface area contributed by atoms with Crippen molar-refractivity contribution in [3.8, 4) is 0 Å². The molecule has 0 nitrogen and oxygen atoms in total. The predicted octanol–water partition coefficient (Wildman–Crippen LogP) is 3.30. The predicted molar refractivity (Wildman–Crippen MR) is 52.6 cm³/mol. The first-order valence-electron chi connectivity index (χ1n) is 4.93. The Morgan fingerprint density at radius 2 is 2.25 bits per heavy atom. The second kappa shape index (κ2) is 2.93. The van der Waals surface area contributed by atoms with E-state index < -0.39 is 0 Å². The molecule has 0 N–H and O–H groups in total. The molecule has 0 aromatic heterocycles. The van der Waals surface area contributed by atoms with Gasteiger partial charge in [0, 0.05) is 0 Å². The van der Waals surface area contributed by atoms with Crippen LogP contribution in [0, 0.1) is 0 Å². The highest BCUT2D eigenvalue weighted by Gasteiger charge is 2.21. The van der Waals surface area contributed by atoms with Crippen molar-refractivity contribution in [2.75, 3.05) is 0 Å². The number of hydrogen-bond acceptors (Lipinski definition) is 0. The Kier molecular flexibility index (Phi) is 1.92. The molecule has 1 aliphatic carbocycles. The van der Waals surface area contributed by atoms with E-state index in [0.717, 1.165) is 5.92 Å². The molecule has 1 aromatic rings. The molecule has 0 spiro atoms. The lowest BCUT2D eigenvalue weighted by atomic mass is 9.78. The first-order chi connectivity index (χ1) is 5.81. The molecule has 12 heavy (non-hydrogen) atoms. The van der Waals surface area contributed by atoms with E-state index in [-0.39, 0.29) is 0 Å². The number of benzene rings is 1. The molecule has 64 valence electrons. The molecule has 1 aromatic carbocycles. The maximum atomic E-state index is 2.40. The summed E-state index contributed by atoms with van der Waals surface area (Å²) in [7, 11) is 0. The van der Waals surface area contributed by atoms with E-state index in [9.17, 15) is 0 Å². The summed E-state index contributed by atoms with van der Waals surface area (Å²) in [6.07, 6.45) is 3.79. The van der Waals surface area contributed by atoms with Crippen LogP contribution in [-0.2, 0) is 12.8 Å². The lowest BCUT2D eigenvalue weighted by molar-refractivity contribution is 0.664. The molecule has 1 unspecified atom stereocenters. The van der Waals surface area contributed by atoms with Crippen LogP contribution in [0.4, 0.5) is 0 Å². The molecule has 0 saturated carbocycles. The van der Waals surface area contributed by atoms with Crippen molar-refractivity contribution in [2.45, 2.75) is 39.0 Å². The first kappa shape index (κ1) is 7.85. The van der Waals surface area contributed by atoms with Crippen LogP contribution in [0.3, 0.4) is 0 Å². The maximum absolute atomic E-state index is 2.40. The van der Waals surface area contributed by atoms with Gasteiger partial charge in [-0.3, -0.25) is 0 Å². The summed E-state index contributed by atoms with van der Waals surface area (Å²) in [5.74, 6) is 0.816. The zero-order chi connectivity index (χ0) is 8.55. The average Bonchev–Trinajstić information content (AvgIpc) is 2.07. The van der Waals surface area contributed by atoms with Gasteiger partial charge in [-0.25, -0.2) is 0 Å². The molecule has 0 heterocycles. The average molecular weight is 160 g/mol. The Morgan fingerprint density at radius 1 is 1.42 bits per heavy atom. The van der Waals surface area contributed by atoms with Crippen molar-refractivity contribution in [2.24, 2.45) is 0 Å². The quantitative estimate of drug-likeness (QED) is 0.622. The Morgan fingerprint density at radius 3 is 2.92 bits per heavy atom. The summed E-state index contributed by atoms with van der Waals surface area (Å²) >= 11 is 0. The molecule has 0 aliphatic heterocycles. The molecule has 0 radical (unpaired) electrons. The smallest absolute Gasteiger partial charge is 0.0147 e. The van der Waals surface area contributed by atoms with E-state index in [1.807, 2.05) is 0 Å². The van der Waals surface area contributed by atoms with Gasteiger partial charge >= 0.3 is 0 Å². The van der Waals surface area contributed by atoms with E-state index in [1.54, 1.807) is 11.1 Å². The van der Waals surface area contributed by atoms with Crippen LogP contribution in [0.15, 0.2) is 18.2 Å². The summed E-state index contributed by atoms with van der Waals surface area (Å²) in [6, 6.07) is 6.99. The van der Waals surface area contributed by atoms with E-state index in [1.165, 1.54) is 24.8 Å². The van der Waals surface area contributed by atoms with Crippen LogP contribution in [-0.4, -0.2) is 0 Å². The molecule has 0 fully saturated rings. The molecule has 0 bridgehead atoms. The minimum atomic E-state index is 0.816. The molecular formula is C12H16. The van der Waals surface area contributed by atoms with Crippen molar-refractivity contribution >= 4 is 0 Å². The first-order valence-corrected chi connectivity index (χ1v) is 4.93. The maximum Gasteiger partial charge on any atom is -0.0147 e. The van der Waals surface area contributed by atoms with Crippen molar-refractivity contribution in [1.82, 2.24) is 0 Å². The lowest BCUT2D eigenvalue weighted by Gasteiger charge is -2.27. The van der Waals surface area contributed by atoms with Crippen LogP contribution in [0.1, 0.15) is 42.9 Å². The van der Waals surface area contributed by atoms with Gasteiger partial charge in [-0.05, 0) is 35.4 Å². The minimum Gasteiger partial charge on any atom is -0.0651 e. The molecular weight excluding hydrogens is 144 g/mol. The molecule has 0 amide bonds. The van der Waals surface area contributed by atoms with Gasteiger partial charge in [-0.15, -0.1) is 0 Å². The van der Waals surface area contributed by atoms with Crippen molar-refractivity contribution in [3.05, 3.63) is 34.9 Å². The number of hydrogen-bond donors (Lipinski definition) is 0. The third-order valence-corrected chi connectivity index (χ3v) is 2.81. The van der Waals surface area contributed by atoms with Crippen LogP contribution in [0.2, 0.25) is 0 Å². The lowest BCUT2D eigenvalue weighted by Crippen LogP contribution is -2.13. The summed E-state index contributed by atoms with van der Waals surface area (Å²) in [4.78, 5) is 0. The van der Waals surface area contributed by atoms with Gasteiger partial charge in [0.05, 0.1) is 0 Å². The highest BCUT2D eigenvalue weighted by molar-refractivity contribution is 5.42. The summed E-state index contributed by atoms with van der Waals surface area (Å²) in [6.45, 7) is 4.56. The second-order valence-electron chi connectivity index (χ2n) is 3.89. The van der Waals surface area contributed by atoms with E-state index in [4.69, 9.17) is 0 Å². The van der Waals surface area contributed by atoms with Crippen molar-refractivity contribution in [1.29, 1.82) is 0 Å². The fraction of sp³-hybridized carbons (Fsp3) is 0.500. The van der Waals surface area contributed by atoms with Crippen LogP contribution in [0.5, 0.6) is 0 Å². The van der Waals surface area contributed by atoms with E-state index in [2.05, 4.69) is 32.0 Å². The van der Waals surface area contributed by atoms with Crippen LogP contribution in [0.25, 0.3) is 0 Å². The van der Waals surface area contributed by atoms with E-state index >= 15 is 0 Å². The fourth-order valence-corrected chi connectivity index (χ4v) is 2.04. The number of rotatable bonds is 2. The van der Waals surface area contributed by atoms with Crippen molar-refractivity contribution < 1.29 is 0 Å². The summed E-state index contributed by atoms with van der Waals surface area (Å²) < 4.78 is 0. The van der Waals surface area contributed by atoms with Crippen LogP contribution < -0.4 is 0 Å². The standard InChI is InChI=1S/C12H16/c1-3-4-10-5-6-11-7-9(2)12(11)8-10/h5-6,8-9H,3-4,7H2,1-2H3. The summed E-state index contributed by atoms with van der Waals surface area (Å²) in [5.41, 5.74) is 4.69. The SMILES string of the molecule is CCCc1ccc2c(c1)C(C)C2. The molecule has 0 heteroatoms.